The van der Waals surface area contributed by atoms with E-state index in [4.69, 9.17) is 4.74 Å². The van der Waals surface area contributed by atoms with Gasteiger partial charge in [0.25, 0.3) is 0 Å². The molecule has 1 aliphatic heterocycles. The van der Waals surface area contributed by atoms with Gasteiger partial charge in [0.1, 0.15) is 5.54 Å². The summed E-state index contributed by atoms with van der Waals surface area (Å²) in [7, 11) is 1.38. The van der Waals surface area contributed by atoms with Crippen LogP contribution >= 0.6 is 0 Å². The molecule has 1 atom stereocenters. The van der Waals surface area contributed by atoms with Crippen molar-refractivity contribution in [3.63, 3.8) is 0 Å². The fourth-order valence-electron chi connectivity index (χ4n) is 2.70. The molecule has 6 heteroatoms. The molecule has 1 unspecified atom stereocenters. The third kappa shape index (κ3) is 3.01. The molecular formula is C15H21FN2O3. The van der Waals surface area contributed by atoms with E-state index in [2.05, 4.69) is 5.32 Å². The summed E-state index contributed by atoms with van der Waals surface area (Å²) in [5.41, 5.74) is -0.825. The molecule has 1 saturated heterocycles. The molecule has 0 aromatic heterocycles. The molecule has 0 radical (unpaired) electrons. The van der Waals surface area contributed by atoms with Crippen LogP contribution in [0.5, 0.6) is 5.75 Å². The Morgan fingerprint density at radius 1 is 1.43 bits per heavy atom. The highest BCUT2D eigenvalue weighted by atomic mass is 19.1. The number of halogens is 1. The molecule has 0 bridgehead atoms. The largest absolute Gasteiger partial charge is 0.494 e. The molecule has 1 aliphatic rings. The summed E-state index contributed by atoms with van der Waals surface area (Å²) >= 11 is 0. The monoisotopic (exact) mass is 296 g/mol. The first kappa shape index (κ1) is 15.7. The molecule has 1 aromatic rings. The van der Waals surface area contributed by atoms with Crippen molar-refractivity contribution in [3.05, 3.63) is 29.6 Å². The number of rotatable bonds is 4. The van der Waals surface area contributed by atoms with Crippen LogP contribution in [0.2, 0.25) is 0 Å². The Bertz CT molecular complexity index is 516. The van der Waals surface area contributed by atoms with Crippen LogP contribution in [-0.2, 0) is 10.3 Å². The SMILES string of the molecule is COc1ccc(C(C)(C(=O)O)N2CCCNCC2)cc1F. The fourth-order valence-corrected chi connectivity index (χ4v) is 2.70. The summed E-state index contributed by atoms with van der Waals surface area (Å²) in [5.74, 6) is -1.41. The van der Waals surface area contributed by atoms with E-state index in [0.717, 1.165) is 19.5 Å². The molecule has 5 nitrogen and oxygen atoms in total. The van der Waals surface area contributed by atoms with E-state index in [9.17, 15) is 14.3 Å². The first-order chi connectivity index (χ1) is 10.00. The molecular weight excluding hydrogens is 275 g/mol. The summed E-state index contributed by atoms with van der Waals surface area (Å²) in [6.45, 7) is 4.48. The van der Waals surface area contributed by atoms with Gasteiger partial charge in [-0.15, -0.1) is 0 Å². The lowest BCUT2D eigenvalue weighted by Gasteiger charge is -2.37. The molecule has 2 rings (SSSR count). The average Bonchev–Trinajstić information content (AvgIpc) is 2.75. The first-order valence-electron chi connectivity index (χ1n) is 7.03. The van der Waals surface area contributed by atoms with E-state index in [0.29, 0.717) is 18.7 Å². The average molecular weight is 296 g/mol. The van der Waals surface area contributed by atoms with Crippen molar-refractivity contribution in [2.45, 2.75) is 18.9 Å². The highest BCUT2D eigenvalue weighted by molar-refractivity contribution is 5.80. The Morgan fingerprint density at radius 2 is 2.19 bits per heavy atom. The van der Waals surface area contributed by atoms with E-state index in [-0.39, 0.29) is 5.75 Å². The van der Waals surface area contributed by atoms with Crippen molar-refractivity contribution in [2.75, 3.05) is 33.3 Å². The molecule has 0 aliphatic carbocycles. The van der Waals surface area contributed by atoms with Crippen LogP contribution in [0, 0.1) is 5.82 Å². The number of carboxylic acid groups (broad SMARTS) is 1. The molecule has 0 saturated carbocycles. The molecule has 1 fully saturated rings. The second-order valence-electron chi connectivity index (χ2n) is 5.32. The molecule has 21 heavy (non-hydrogen) atoms. The zero-order valence-electron chi connectivity index (χ0n) is 12.4. The van der Waals surface area contributed by atoms with Gasteiger partial charge >= 0.3 is 5.97 Å². The number of carboxylic acids is 1. The van der Waals surface area contributed by atoms with Crippen molar-refractivity contribution in [1.29, 1.82) is 0 Å². The summed E-state index contributed by atoms with van der Waals surface area (Å²) in [4.78, 5) is 13.8. The van der Waals surface area contributed by atoms with Gasteiger partial charge in [-0.25, -0.2) is 9.18 Å². The fraction of sp³-hybridized carbons (Fsp3) is 0.533. The van der Waals surface area contributed by atoms with E-state index in [1.165, 1.54) is 19.2 Å². The van der Waals surface area contributed by atoms with Crippen molar-refractivity contribution in [2.24, 2.45) is 0 Å². The summed E-state index contributed by atoms with van der Waals surface area (Å²) in [6.07, 6.45) is 0.863. The van der Waals surface area contributed by atoms with Crippen LogP contribution in [0.1, 0.15) is 18.9 Å². The minimum atomic E-state index is -1.25. The number of ether oxygens (including phenoxy) is 1. The van der Waals surface area contributed by atoms with E-state index < -0.39 is 17.3 Å². The van der Waals surface area contributed by atoms with Crippen molar-refractivity contribution < 1.29 is 19.0 Å². The van der Waals surface area contributed by atoms with Crippen LogP contribution in [0.3, 0.4) is 0 Å². The van der Waals surface area contributed by atoms with Crippen molar-refractivity contribution >= 4 is 5.97 Å². The molecule has 2 N–H and O–H groups in total. The Kier molecular flexibility index (Phi) is 4.80. The van der Waals surface area contributed by atoms with Gasteiger partial charge in [-0.2, -0.15) is 0 Å². The lowest BCUT2D eigenvalue weighted by molar-refractivity contribution is -0.151. The van der Waals surface area contributed by atoms with Gasteiger partial charge in [0.15, 0.2) is 11.6 Å². The van der Waals surface area contributed by atoms with Gasteiger partial charge in [0, 0.05) is 19.6 Å². The predicted octanol–water partition coefficient (Wildman–Crippen LogP) is 1.43. The van der Waals surface area contributed by atoms with Gasteiger partial charge in [0.2, 0.25) is 0 Å². The number of hydrogen-bond acceptors (Lipinski definition) is 4. The normalized spacial score (nSPS) is 19.6. The highest BCUT2D eigenvalue weighted by Gasteiger charge is 2.41. The number of hydrogen-bond donors (Lipinski definition) is 2. The van der Waals surface area contributed by atoms with E-state index >= 15 is 0 Å². The highest BCUT2D eigenvalue weighted by Crippen LogP contribution is 2.32. The Labute approximate surface area is 123 Å². The summed E-state index contributed by atoms with van der Waals surface area (Å²) in [6, 6.07) is 4.35. The van der Waals surface area contributed by atoms with Gasteiger partial charge in [0.05, 0.1) is 7.11 Å². The number of methoxy groups -OCH3 is 1. The van der Waals surface area contributed by atoms with Gasteiger partial charge in [-0.3, -0.25) is 4.90 Å². The van der Waals surface area contributed by atoms with Crippen LogP contribution < -0.4 is 10.1 Å². The van der Waals surface area contributed by atoms with Crippen LogP contribution in [0.15, 0.2) is 18.2 Å². The van der Waals surface area contributed by atoms with E-state index in [1.807, 2.05) is 4.90 Å². The molecule has 0 amide bonds. The van der Waals surface area contributed by atoms with Crippen molar-refractivity contribution in [3.8, 4) is 5.75 Å². The van der Waals surface area contributed by atoms with Crippen molar-refractivity contribution in [1.82, 2.24) is 10.2 Å². The lowest BCUT2D eigenvalue weighted by Crippen LogP contribution is -2.51. The topological polar surface area (TPSA) is 61.8 Å². The van der Waals surface area contributed by atoms with E-state index in [1.54, 1.807) is 13.0 Å². The van der Waals surface area contributed by atoms with Gasteiger partial charge < -0.3 is 15.2 Å². The summed E-state index contributed by atoms with van der Waals surface area (Å²) in [5, 5.41) is 13.0. The molecule has 1 aromatic carbocycles. The zero-order chi connectivity index (χ0) is 15.5. The molecule has 116 valence electrons. The van der Waals surface area contributed by atoms with Crippen LogP contribution in [0.25, 0.3) is 0 Å². The Hall–Kier alpha value is -1.66. The van der Waals surface area contributed by atoms with Gasteiger partial charge in [-0.1, -0.05) is 6.07 Å². The third-order valence-corrected chi connectivity index (χ3v) is 4.10. The van der Waals surface area contributed by atoms with Crippen LogP contribution in [-0.4, -0.2) is 49.3 Å². The maximum atomic E-state index is 13.9. The van der Waals surface area contributed by atoms with Gasteiger partial charge in [-0.05, 0) is 37.6 Å². The number of carbonyl (C=O) groups is 1. The maximum absolute atomic E-state index is 13.9. The number of nitrogens with zero attached hydrogens (tertiary/aromatic N) is 1. The minimum absolute atomic E-state index is 0.115. The minimum Gasteiger partial charge on any atom is -0.494 e. The lowest BCUT2D eigenvalue weighted by atomic mass is 9.89. The quantitative estimate of drug-likeness (QED) is 0.880. The maximum Gasteiger partial charge on any atom is 0.328 e. The summed E-state index contributed by atoms with van der Waals surface area (Å²) < 4.78 is 18.8. The number of nitrogens with one attached hydrogen (secondary N) is 1. The zero-order valence-corrected chi connectivity index (χ0v) is 12.4. The molecule has 0 spiro atoms. The standard InChI is InChI=1S/C15H21FN2O3/c1-15(14(19)20,18-8-3-6-17-7-9-18)11-4-5-13(21-2)12(16)10-11/h4-5,10,17H,3,6-9H2,1-2H3,(H,19,20). The number of benzene rings is 1. The first-order valence-corrected chi connectivity index (χ1v) is 7.03. The van der Waals surface area contributed by atoms with Crippen LogP contribution in [0.4, 0.5) is 4.39 Å². The Balaban J connectivity index is 2.41. The third-order valence-electron chi connectivity index (χ3n) is 4.10. The smallest absolute Gasteiger partial charge is 0.328 e. The molecule has 1 heterocycles. The number of aliphatic carboxylic acids is 1. The second-order valence-corrected chi connectivity index (χ2v) is 5.32. The second kappa shape index (κ2) is 6.41. The Morgan fingerprint density at radius 3 is 2.81 bits per heavy atom. The predicted molar refractivity (Wildman–Crippen MR) is 77.0 cm³/mol.